The highest BCUT2D eigenvalue weighted by Crippen LogP contribution is 2.21. The number of hydrogen-bond donors (Lipinski definition) is 1. The monoisotopic (exact) mass is 274 g/mol. The van der Waals surface area contributed by atoms with Crippen LogP contribution in [0.4, 0.5) is 0 Å². The zero-order valence-corrected chi connectivity index (χ0v) is 12.9. The third kappa shape index (κ3) is 6.58. The molecule has 0 aliphatic heterocycles. The summed E-state index contributed by atoms with van der Waals surface area (Å²) in [6.07, 6.45) is 3.81. The lowest BCUT2D eigenvalue weighted by Gasteiger charge is -2.14. The number of nitrogens with two attached hydrogens (primary N) is 1. The molecule has 0 aromatic heterocycles. The van der Waals surface area contributed by atoms with Crippen LogP contribution in [-0.4, -0.2) is 12.6 Å². The molecular formula is C17H26N2O. The zero-order valence-electron chi connectivity index (χ0n) is 12.9. The number of nitriles is 1. The summed E-state index contributed by atoms with van der Waals surface area (Å²) >= 11 is 0. The van der Waals surface area contributed by atoms with E-state index < -0.39 is 0 Å². The molecule has 3 heteroatoms. The summed E-state index contributed by atoms with van der Waals surface area (Å²) in [5.41, 5.74) is 6.79. The minimum Gasteiger partial charge on any atom is -0.494 e. The molecule has 3 nitrogen and oxygen atoms in total. The Bertz CT molecular complexity index is 429. The van der Waals surface area contributed by atoms with Crippen LogP contribution in [0.1, 0.15) is 45.6 Å². The predicted molar refractivity (Wildman–Crippen MR) is 82.5 cm³/mol. The van der Waals surface area contributed by atoms with Crippen molar-refractivity contribution < 1.29 is 4.74 Å². The molecule has 2 N–H and O–H groups in total. The molecule has 0 heterocycles. The van der Waals surface area contributed by atoms with Crippen LogP contribution in [0, 0.1) is 16.7 Å². The molecule has 0 saturated carbocycles. The molecule has 1 unspecified atom stereocenters. The molecule has 0 saturated heterocycles. The molecular weight excluding hydrogens is 248 g/mol. The molecule has 0 spiro atoms. The summed E-state index contributed by atoms with van der Waals surface area (Å²) in [5, 5.41) is 8.93. The molecule has 20 heavy (non-hydrogen) atoms. The Labute approximate surface area is 122 Å². The number of ether oxygens (including phenoxy) is 1. The second-order valence-corrected chi connectivity index (χ2v) is 6.13. The first kappa shape index (κ1) is 16.5. The summed E-state index contributed by atoms with van der Waals surface area (Å²) in [5.74, 6) is 0.901. The summed E-state index contributed by atoms with van der Waals surface area (Å²) in [4.78, 5) is 0. The van der Waals surface area contributed by atoms with Gasteiger partial charge in [0.1, 0.15) is 5.75 Å². The van der Waals surface area contributed by atoms with Gasteiger partial charge in [0.25, 0.3) is 0 Å². The van der Waals surface area contributed by atoms with Gasteiger partial charge in [0.05, 0.1) is 18.1 Å². The van der Waals surface area contributed by atoms with E-state index in [4.69, 9.17) is 15.7 Å². The number of benzene rings is 1. The Hall–Kier alpha value is -1.53. The van der Waals surface area contributed by atoms with Crippen molar-refractivity contribution in [3.05, 3.63) is 29.8 Å². The van der Waals surface area contributed by atoms with E-state index in [1.807, 2.05) is 32.9 Å². The van der Waals surface area contributed by atoms with E-state index in [9.17, 15) is 0 Å². The Morgan fingerprint density at radius 2 is 1.90 bits per heavy atom. The third-order valence-electron chi connectivity index (χ3n) is 3.25. The molecule has 0 fully saturated rings. The van der Waals surface area contributed by atoms with Crippen LogP contribution in [-0.2, 0) is 6.42 Å². The van der Waals surface area contributed by atoms with Crippen LogP contribution >= 0.6 is 0 Å². The fraction of sp³-hybridized carbons (Fsp3) is 0.588. The first-order valence-electron chi connectivity index (χ1n) is 7.31. The minimum absolute atomic E-state index is 0.185. The highest BCUT2D eigenvalue weighted by atomic mass is 16.5. The van der Waals surface area contributed by atoms with Crippen molar-refractivity contribution in [1.82, 2.24) is 0 Å². The number of unbranched alkanes of at least 4 members (excludes halogenated alkanes) is 1. The SMILES string of the molecule is CC(N)Cc1ccc(OCCCCC(C)(C)C#N)cc1. The van der Waals surface area contributed by atoms with Crippen LogP contribution in [0.15, 0.2) is 24.3 Å². The van der Waals surface area contributed by atoms with Crippen molar-refractivity contribution >= 4 is 0 Å². The van der Waals surface area contributed by atoms with Crippen molar-refractivity contribution in [2.45, 2.75) is 52.5 Å². The maximum Gasteiger partial charge on any atom is 0.119 e. The Balaban J connectivity index is 2.24. The second kappa shape index (κ2) is 7.91. The predicted octanol–water partition coefficient (Wildman–Crippen LogP) is 3.68. The quantitative estimate of drug-likeness (QED) is 0.736. The third-order valence-corrected chi connectivity index (χ3v) is 3.25. The Morgan fingerprint density at radius 3 is 2.45 bits per heavy atom. The molecule has 0 bridgehead atoms. The van der Waals surface area contributed by atoms with Crippen molar-refractivity contribution in [2.75, 3.05) is 6.61 Å². The average Bonchev–Trinajstić information content (AvgIpc) is 2.39. The van der Waals surface area contributed by atoms with Gasteiger partial charge in [0, 0.05) is 6.04 Å². The lowest BCUT2D eigenvalue weighted by Crippen LogP contribution is -2.17. The van der Waals surface area contributed by atoms with Gasteiger partial charge in [-0.2, -0.15) is 5.26 Å². The molecule has 1 rings (SSSR count). The molecule has 0 aliphatic rings. The topological polar surface area (TPSA) is 59.0 Å². The lowest BCUT2D eigenvalue weighted by molar-refractivity contribution is 0.295. The van der Waals surface area contributed by atoms with Gasteiger partial charge in [-0.1, -0.05) is 12.1 Å². The fourth-order valence-corrected chi connectivity index (χ4v) is 2.01. The van der Waals surface area contributed by atoms with Gasteiger partial charge in [0.2, 0.25) is 0 Å². The number of hydrogen-bond acceptors (Lipinski definition) is 3. The van der Waals surface area contributed by atoms with Crippen LogP contribution < -0.4 is 10.5 Å². The largest absolute Gasteiger partial charge is 0.494 e. The van der Waals surface area contributed by atoms with E-state index >= 15 is 0 Å². The van der Waals surface area contributed by atoms with Gasteiger partial charge in [-0.3, -0.25) is 0 Å². The van der Waals surface area contributed by atoms with Crippen molar-refractivity contribution in [3.8, 4) is 11.8 Å². The summed E-state index contributed by atoms with van der Waals surface area (Å²) in [6, 6.07) is 10.6. The Kier molecular flexibility index (Phi) is 6.54. The van der Waals surface area contributed by atoms with E-state index in [1.165, 1.54) is 5.56 Å². The van der Waals surface area contributed by atoms with Crippen LogP contribution in [0.2, 0.25) is 0 Å². The number of rotatable bonds is 8. The van der Waals surface area contributed by atoms with Crippen molar-refractivity contribution in [3.63, 3.8) is 0 Å². The van der Waals surface area contributed by atoms with E-state index in [0.717, 1.165) is 31.4 Å². The van der Waals surface area contributed by atoms with Gasteiger partial charge in [0.15, 0.2) is 0 Å². The smallest absolute Gasteiger partial charge is 0.119 e. The van der Waals surface area contributed by atoms with Crippen molar-refractivity contribution in [1.29, 1.82) is 5.26 Å². The van der Waals surface area contributed by atoms with Gasteiger partial charge >= 0.3 is 0 Å². The summed E-state index contributed by atoms with van der Waals surface area (Å²) in [6.45, 7) is 6.66. The van der Waals surface area contributed by atoms with Gasteiger partial charge in [-0.25, -0.2) is 0 Å². The first-order chi connectivity index (χ1) is 9.43. The van der Waals surface area contributed by atoms with E-state index in [0.29, 0.717) is 6.61 Å². The Morgan fingerprint density at radius 1 is 1.25 bits per heavy atom. The van der Waals surface area contributed by atoms with E-state index in [-0.39, 0.29) is 11.5 Å². The molecule has 0 aliphatic carbocycles. The number of nitrogens with zero attached hydrogens (tertiary/aromatic N) is 1. The highest BCUT2D eigenvalue weighted by molar-refractivity contribution is 5.27. The maximum atomic E-state index is 8.93. The molecule has 110 valence electrons. The van der Waals surface area contributed by atoms with Crippen LogP contribution in [0.25, 0.3) is 0 Å². The summed E-state index contributed by atoms with van der Waals surface area (Å²) in [7, 11) is 0. The standard InChI is InChI=1S/C17H26N2O/c1-14(19)12-15-6-8-16(9-7-15)20-11-5-4-10-17(2,3)13-18/h6-9,14H,4-5,10-12,19H2,1-3H3. The molecule has 1 aromatic carbocycles. The van der Waals surface area contributed by atoms with E-state index in [2.05, 4.69) is 18.2 Å². The van der Waals surface area contributed by atoms with Crippen molar-refractivity contribution in [2.24, 2.45) is 11.1 Å². The summed E-state index contributed by atoms with van der Waals surface area (Å²) < 4.78 is 5.70. The molecule has 0 amide bonds. The molecule has 0 radical (unpaired) electrons. The average molecular weight is 274 g/mol. The van der Waals surface area contributed by atoms with Gasteiger partial charge in [-0.05, 0) is 64.2 Å². The minimum atomic E-state index is -0.222. The lowest BCUT2D eigenvalue weighted by atomic mass is 9.89. The fourth-order valence-electron chi connectivity index (χ4n) is 2.01. The van der Waals surface area contributed by atoms with Crippen LogP contribution in [0.3, 0.4) is 0 Å². The molecule has 1 aromatic rings. The van der Waals surface area contributed by atoms with Crippen LogP contribution in [0.5, 0.6) is 5.75 Å². The molecule has 1 atom stereocenters. The zero-order chi connectivity index (χ0) is 15.0. The second-order valence-electron chi connectivity index (χ2n) is 6.13. The van der Waals surface area contributed by atoms with Gasteiger partial charge in [-0.15, -0.1) is 0 Å². The first-order valence-corrected chi connectivity index (χ1v) is 7.31. The normalized spacial score (nSPS) is 12.8. The maximum absolute atomic E-state index is 8.93. The van der Waals surface area contributed by atoms with Gasteiger partial charge < -0.3 is 10.5 Å². The highest BCUT2D eigenvalue weighted by Gasteiger charge is 2.15. The van der Waals surface area contributed by atoms with E-state index in [1.54, 1.807) is 0 Å².